The van der Waals surface area contributed by atoms with E-state index >= 15 is 0 Å². The molecular weight excluding hydrogens is 490 g/mol. The number of hydrogen-bond acceptors (Lipinski definition) is 7. The molecule has 1 fully saturated rings. The van der Waals surface area contributed by atoms with Crippen molar-refractivity contribution in [2.24, 2.45) is 11.7 Å². The van der Waals surface area contributed by atoms with E-state index in [1.165, 1.54) is 4.90 Å². The van der Waals surface area contributed by atoms with Gasteiger partial charge in [0.2, 0.25) is 5.91 Å². The van der Waals surface area contributed by atoms with Crippen molar-refractivity contribution in [2.45, 2.75) is 51.9 Å². The van der Waals surface area contributed by atoms with Crippen LogP contribution in [-0.2, 0) is 32.2 Å². The maximum atomic E-state index is 13.2. The number of nitrogens with one attached hydrogen (secondary N) is 2. The van der Waals surface area contributed by atoms with Crippen molar-refractivity contribution >= 4 is 35.4 Å². The number of para-hydroxylation sites is 1. The second-order valence-electron chi connectivity index (χ2n) is 9.68. The second-order valence-corrected chi connectivity index (χ2v) is 9.68. The third-order valence-electron chi connectivity index (χ3n) is 6.67. The monoisotopic (exact) mass is 521 g/mol. The van der Waals surface area contributed by atoms with Gasteiger partial charge in [0, 0.05) is 30.8 Å². The fourth-order valence-corrected chi connectivity index (χ4v) is 4.38. The number of anilines is 1. The minimum Gasteiger partial charge on any atom is -0.443 e. The standard InChI is InChI=1S/C27H31N5O6/c1-16(2)23(28)26(36)38-15-32-22(33)11-10-21(25(32)35)31-14-18-12-17(8-9-20(18)24(31)34)13-29-27(37)30-19-6-4-3-5-7-19/h3-9,12,16,21,23H,10-11,13-15,28H2,1-2H3,(H2,29,30,37). The van der Waals surface area contributed by atoms with Crippen molar-refractivity contribution in [3.05, 3.63) is 65.2 Å². The summed E-state index contributed by atoms with van der Waals surface area (Å²) >= 11 is 0. The van der Waals surface area contributed by atoms with Crippen molar-refractivity contribution in [3.63, 3.8) is 0 Å². The SMILES string of the molecule is CC(C)C(N)C(=O)OCN1C(=O)CCC(N2Cc3cc(CNC(=O)Nc4ccccc4)ccc3C2=O)C1=O. The van der Waals surface area contributed by atoms with Gasteiger partial charge in [-0.2, -0.15) is 0 Å². The highest BCUT2D eigenvalue weighted by Crippen LogP contribution is 2.30. The van der Waals surface area contributed by atoms with Crippen LogP contribution in [-0.4, -0.2) is 58.3 Å². The van der Waals surface area contributed by atoms with Crippen LogP contribution in [0, 0.1) is 5.92 Å². The number of nitrogens with two attached hydrogens (primary N) is 1. The maximum absolute atomic E-state index is 13.2. The zero-order valence-corrected chi connectivity index (χ0v) is 21.3. The van der Waals surface area contributed by atoms with Gasteiger partial charge in [-0.3, -0.25) is 19.2 Å². The smallest absolute Gasteiger partial charge is 0.324 e. The molecule has 2 aromatic rings. The highest BCUT2D eigenvalue weighted by Gasteiger charge is 2.43. The van der Waals surface area contributed by atoms with E-state index in [9.17, 15) is 24.0 Å². The van der Waals surface area contributed by atoms with Crippen LogP contribution in [0.2, 0.25) is 0 Å². The van der Waals surface area contributed by atoms with Crippen molar-refractivity contribution in [1.29, 1.82) is 0 Å². The van der Waals surface area contributed by atoms with Crippen LogP contribution in [0.4, 0.5) is 10.5 Å². The fraction of sp³-hybridized carbons (Fsp3) is 0.370. The molecule has 200 valence electrons. The lowest BCUT2D eigenvalue weighted by Crippen LogP contribution is -2.55. The van der Waals surface area contributed by atoms with Crippen LogP contribution in [0.15, 0.2) is 48.5 Å². The summed E-state index contributed by atoms with van der Waals surface area (Å²) in [6.45, 7) is 3.42. The molecule has 2 atom stereocenters. The van der Waals surface area contributed by atoms with Gasteiger partial charge in [0.05, 0.1) is 0 Å². The van der Waals surface area contributed by atoms with Crippen LogP contribution in [0.1, 0.15) is 48.2 Å². The molecule has 0 spiro atoms. The molecule has 2 aliphatic rings. The Labute approximate surface area is 220 Å². The number of piperidine rings is 1. The Bertz CT molecular complexity index is 1250. The number of imide groups is 1. The van der Waals surface area contributed by atoms with Crippen LogP contribution in [0.3, 0.4) is 0 Å². The molecule has 11 heteroatoms. The molecule has 1 saturated heterocycles. The fourth-order valence-electron chi connectivity index (χ4n) is 4.38. The number of benzene rings is 2. The number of carbonyl (C=O) groups is 5. The average Bonchev–Trinajstić information content (AvgIpc) is 3.22. The van der Waals surface area contributed by atoms with E-state index in [0.717, 1.165) is 16.0 Å². The van der Waals surface area contributed by atoms with Gasteiger partial charge in [-0.15, -0.1) is 0 Å². The lowest BCUT2D eigenvalue weighted by molar-refractivity contribution is -0.165. The van der Waals surface area contributed by atoms with Gasteiger partial charge in [0.15, 0.2) is 6.73 Å². The summed E-state index contributed by atoms with van der Waals surface area (Å²) in [5, 5.41) is 5.53. The highest BCUT2D eigenvalue weighted by atomic mass is 16.5. The number of nitrogens with zero attached hydrogens (tertiary/aromatic N) is 2. The molecule has 4 rings (SSSR count). The van der Waals surface area contributed by atoms with E-state index < -0.39 is 36.6 Å². The third-order valence-corrected chi connectivity index (χ3v) is 6.67. The van der Waals surface area contributed by atoms with E-state index in [1.54, 1.807) is 38.1 Å². The van der Waals surface area contributed by atoms with Gasteiger partial charge >= 0.3 is 12.0 Å². The van der Waals surface area contributed by atoms with Gasteiger partial charge in [-0.1, -0.05) is 44.2 Å². The van der Waals surface area contributed by atoms with E-state index in [2.05, 4.69) is 10.6 Å². The summed E-state index contributed by atoms with van der Waals surface area (Å²) in [5.41, 5.74) is 8.43. The number of esters is 1. The predicted octanol–water partition coefficient (Wildman–Crippen LogP) is 1.97. The average molecular weight is 522 g/mol. The number of fused-ring (bicyclic) bond motifs is 1. The van der Waals surface area contributed by atoms with Crippen LogP contribution in [0.5, 0.6) is 0 Å². The topological polar surface area (TPSA) is 151 Å². The lowest BCUT2D eigenvalue weighted by atomic mass is 10.0. The summed E-state index contributed by atoms with van der Waals surface area (Å²) in [4.78, 5) is 65.3. The van der Waals surface area contributed by atoms with Gasteiger partial charge in [0.25, 0.3) is 11.8 Å². The molecule has 11 nitrogen and oxygen atoms in total. The van der Waals surface area contributed by atoms with Crippen LogP contribution >= 0.6 is 0 Å². The molecule has 38 heavy (non-hydrogen) atoms. The van der Waals surface area contributed by atoms with Gasteiger partial charge in [0.1, 0.15) is 12.1 Å². The molecule has 0 radical (unpaired) electrons. The van der Waals surface area contributed by atoms with Crippen LogP contribution < -0.4 is 16.4 Å². The van der Waals surface area contributed by atoms with E-state index in [1.807, 2.05) is 24.3 Å². The number of ether oxygens (including phenoxy) is 1. The van der Waals surface area contributed by atoms with E-state index in [-0.39, 0.29) is 43.8 Å². The normalized spacial score (nSPS) is 17.9. The Morgan fingerprint density at radius 2 is 1.84 bits per heavy atom. The maximum Gasteiger partial charge on any atom is 0.324 e. The first-order valence-corrected chi connectivity index (χ1v) is 12.4. The number of hydrogen-bond donors (Lipinski definition) is 3. The number of rotatable bonds is 8. The van der Waals surface area contributed by atoms with Crippen molar-refractivity contribution in [2.75, 3.05) is 12.0 Å². The molecule has 2 aliphatic heterocycles. The Hall–Kier alpha value is -4.25. The number of urea groups is 1. The Kier molecular flexibility index (Phi) is 8.06. The Balaban J connectivity index is 1.37. The van der Waals surface area contributed by atoms with Gasteiger partial charge in [-0.25, -0.2) is 9.69 Å². The molecule has 4 N–H and O–H groups in total. The molecule has 2 unspecified atom stereocenters. The van der Waals surface area contributed by atoms with E-state index in [0.29, 0.717) is 11.3 Å². The Morgan fingerprint density at radius 1 is 1.11 bits per heavy atom. The molecule has 2 heterocycles. The quantitative estimate of drug-likeness (QED) is 0.355. The summed E-state index contributed by atoms with van der Waals surface area (Å²) in [7, 11) is 0. The second kappa shape index (κ2) is 11.4. The highest BCUT2D eigenvalue weighted by molar-refractivity contribution is 6.05. The Morgan fingerprint density at radius 3 is 2.55 bits per heavy atom. The van der Waals surface area contributed by atoms with Crippen molar-refractivity contribution < 1.29 is 28.7 Å². The number of carbonyl (C=O) groups excluding carboxylic acids is 5. The van der Waals surface area contributed by atoms with Crippen LogP contribution in [0.25, 0.3) is 0 Å². The van der Waals surface area contributed by atoms with Gasteiger partial charge in [-0.05, 0) is 41.7 Å². The minimum absolute atomic E-state index is 0.0377. The number of amides is 5. The summed E-state index contributed by atoms with van der Waals surface area (Å²) in [5.74, 6) is -2.24. The lowest BCUT2D eigenvalue weighted by Gasteiger charge is -2.35. The summed E-state index contributed by atoms with van der Waals surface area (Å²) in [6.07, 6.45) is 0.220. The molecule has 5 amide bonds. The third kappa shape index (κ3) is 5.83. The summed E-state index contributed by atoms with van der Waals surface area (Å²) < 4.78 is 5.12. The molecule has 0 saturated carbocycles. The zero-order chi connectivity index (χ0) is 27.4. The van der Waals surface area contributed by atoms with E-state index in [4.69, 9.17) is 10.5 Å². The zero-order valence-electron chi connectivity index (χ0n) is 21.3. The van der Waals surface area contributed by atoms with Crippen molar-refractivity contribution in [3.8, 4) is 0 Å². The minimum atomic E-state index is -0.872. The van der Waals surface area contributed by atoms with Gasteiger partial charge < -0.3 is 26.0 Å². The molecule has 0 aromatic heterocycles. The predicted molar refractivity (Wildman–Crippen MR) is 137 cm³/mol. The molecular formula is C27H31N5O6. The first-order chi connectivity index (χ1) is 18.2. The first-order valence-electron chi connectivity index (χ1n) is 12.4. The molecule has 0 aliphatic carbocycles. The largest absolute Gasteiger partial charge is 0.443 e. The first kappa shape index (κ1) is 26.8. The van der Waals surface area contributed by atoms with Crippen molar-refractivity contribution in [1.82, 2.24) is 15.1 Å². The molecule has 0 bridgehead atoms. The number of likely N-dealkylation sites (tertiary alicyclic amines) is 1. The molecule has 2 aromatic carbocycles. The summed E-state index contributed by atoms with van der Waals surface area (Å²) in [6, 6.07) is 12.2.